The molecule has 1 heterocycles. The first-order valence-corrected chi connectivity index (χ1v) is 4.35. The minimum Gasteiger partial charge on any atom is -0.279 e. The Bertz CT molecular complexity index is 607. The highest BCUT2D eigenvalue weighted by Gasteiger charge is 1.96. The van der Waals surface area contributed by atoms with E-state index in [0.717, 1.165) is 0 Å². The third kappa shape index (κ3) is 1.97. The van der Waals surface area contributed by atoms with Gasteiger partial charge in [0.05, 0.1) is 5.69 Å². The highest BCUT2D eigenvalue weighted by atomic mass is 19.1. The first-order valence-electron chi connectivity index (χ1n) is 4.35. The maximum absolute atomic E-state index is 12.6. The van der Waals surface area contributed by atoms with Crippen molar-refractivity contribution in [3.8, 4) is 0 Å². The van der Waals surface area contributed by atoms with Crippen LogP contribution in [-0.2, 0) is 0 Å². The summed E-state index contributed by atoms with van der Waals surface area (Å²) in [6.07, 6.45) is 0. The number of anilines is 1. The number of rotatable bonds is 2. The predicted octanol–water partition coefficient (Wildman–Crippen LogP) is -0.622. The van der Waals surface area contributed by atoms with Crippen LogP contribution in [0.3, 0.4) is 0 Å². The molecule has 0 unspecified atom stereocenters. The molecular formula is C9H7FN6. The van der Waals surface area contributed by atoms with Crippen LogP contribution in [-0.4, -0.2) is 10.2 Å². The van der Waals surface area contributed by atoms with E-state index in [-0.39, 0.29) is 22.1 Å². The summed E-state index contributed by atoms with van der Waals surface area (Å²) in [7, 11) is 0. The molecule has 2 aromatic rings. The maximum Gasteiger partial charge on any atom is 0.198 e. The third-order valence-corrected chi connectivity index (χ3v) is 1.84. The van der Waals surface area contributed by atoms with Gasteiger partial charge in [-0.25, -0.2) is 4.39 Å². The summed E-state index contributed by atoms with van der Waals surface area (Å²) < 4.78 is 12.6. The zero-order valence-electron chi connectivity index (χ0n) is 8.03. The molecule has 16 heavy (non-hydrogen) atoms. The van der Waals surface area contributed by atoms with E-state index >= 15 is 0 Å². The van der Waals surface area contributed by atoms with E-state index in [9.17, 15) is 4.39 Å². The van der Waals surface area contributed by atoms with Crippen LogP contribution in [0, 0.1) is 16.6 Å². The molecule has 0 amide bonds. The van der Waals surface area contributed by atoms with Gasteiger partial charge < -0.3 is 0 Å². The molecule has 0 saturated carbocycles. The zero-order valence-corrected chi connectivity index (χ0v) is 8.03. The lowest BCUT2D eigenvalue weighted by Crippen LogP contribution is -2.34. The minimum atomic E-state index is -0.343. The second kappa shape index (κ2) is 3.97. The van der Waals surface area contributed by atoms with E-state index in [1.54, 1.807) is 0 Å². The van der Waals surface area contributed by atoms with E-state index in [1.165, 1.54) is 24.3 Å². The number of nitrogens with zero attached hydrogens (tertiary/aromatic N) is 3. The Morgan fingerprint density at radius 1 is 1.06 bits per heavy atom. The lowest BCUT2D eigenvalue weighted by molar-refractivity contribution is 0.628. The summed E-state index contributed by atoms with van der Waals surface area (Å²) >= 11 is 0. The fraction of sp³-hybridized carbons (Fsp3) is 0. The second-order valence-corrected chi connectivity index (χ2v) is 2.98. The van der Waals surface area contributed by atoms with Gasteiger partial charge in [-0.2, -0.15) is 5.10 Å². The Balaban J connectivity index is 2.31. The van der Waals surface area contributed by atoms with E-state index in [0.29, 0.717) is 5.69 Å². The summed E-state index contributed by atoms with van der Waals surface area (Å²) in [5, 5.41) is 25.2. The molecule has 0 spiro atoms. The Kier molecular flexibility index (Phi) is 2.50. The number of benzene rings is 1. The van der Waals surface area contributed by atoms with Crippen molar-refractivity contribution < 1.29 is 4.39 Å². The summed E-state index contributed by atoms with van der Waals surface area (Å²) in [4.78, 5) is 0. The summed E-state index contributed by atoms with van der Waals surface area (Å²) in [6.45, 7) is 0. The minimum absolute atomic E-state index is 0.0596. The molecule has 6 nitrogen and oxygen atoms in total. The van der Waals surface area contributed by atoms with Crippen LogP contribution in [0.25, 0.3) is 0 Å². The van der Waals surface area contributed by atoms with Gasteiger partial charge in [-0.05, 0) is 24.3 Å². The second-order valence-electron chi connectivity index (χ2n) is 2.98. The van der Waals surface area contributed by atoms with Crippen molar-refractivity contribution in [2.24, 2.45) is 5.10 Å². The quantitative estimate of drug-likeness (QED) is 0.586. The molecule has 0 aliphatic heterocycles. The van der Waals surface area contributed by atoms with E-state index in [4.69, 9.17) is 10.8 Å². The topological polar surface area (TPSA) is 97.9 Å². The molecule has 0 radical (unpaired) electrons. The fourth-order valence-corrected chi connectivity index (χ4v) is 1.06. The molecule has 1 aromatic carbocycles. The first kappa shape index (κ1) is 10.1. The molecule has 80 valence electrons. The Hall–Kier alpha value is -2.44. The molecule has 0 aliphatic carbocycles. The Morgan fingerprint density at radius 3 is 2.19 bits per heavy atom. The average Bonchev–Trinajstić information content (AvgIpc) is 2.59. The zero-order chi connectivity index (χ0) is 11.5. The van der Waals surface area contributed by atoms with E-state index in [1.807, 2.05) is 0 Å². The molecule has 2 rings (SSSR count). The number of hydrogen-bond acceptors (Lipinski definition) is 6. The van der Waals surface area contributed by atoms with Gasteiger partial charge >= 0.3 is 0 Å². The molecule has 1 aromatic heterocycles. The van der Waals surface area contributed by atoms with Crippen molar-refractivity contribution in [1.29, 1.82) is 10.8 Å². The average molecular weight is 218 g/mol. The van der Waals surface area contributed by atoms with Crippen LogP contribution in [0.2, 0.25) is 0 Å². The Morgan fingerprint density at radius 2 is 1.62 bits per heavy atom. The highest BCUT2D eigenvalue weighted by Crippen LogP contribution is 2.07. The smallest absolute Gasteiger partial charge is 0.198 e. The van der Waals surface area contributed by atoms with Gasteiger partial charge in [0.1, 0.15) is 5.82 Å². The summed E-state index contributed by atoms with van der Waals surface area (Å²) in [5.74, 6) is -0.343. The van der Waals surface area contributed by atoms with E-state index < -0.39 is 0 Å². The van der Waals surface area contributed by atoms with Gasteiger partial charge in [-0.1, -0.05) is 0 Å². The van der Waals surface area contributed by atoms with Gasteiger partial charge in [-0.15, -0.1) is 10.2 Å². The van der Waals surface area contributed by atoms with Crippen molar-refractivity contribution in [3.05, 3.63) is 46.4 Å². The molecule has 0 aliphatic rings. The van der Waals surface area contributed by atoms with E-state index in [2.05, 4.69) is 20.7 Å². The van der Waals surface area contributed by atoms with Gasteiger partial charge in [0.15, 0.2) is 16.3 Å². The SMILES string of the molecule is N=c1nnc(=N)c1=NNc1ccc(F)cc1. The van der Waals surface area contributed by atoms with Crippen LogP contribution in [0.1, 0.15) is 0 Å². The molecule has 0 saturated heterocycles. The van der Waals surface area contributed by atoms with Crippen molar-refractivity contribution in [1.82, 2.24) is 10.2 Å². The largest absolute Gasteiger partial charge is 0.279 e. The van der Waals surface area contributed by atoms with Crippen molar-refractivity contribution in [2.75, 3.05) is 5.43 Å². The van der Waals surface area contributed by atoms with Crippen molar-refractivity contribution in [3.63, 3.8) is 0 Å². The van der Waals surface area contributed by atoms with Gasteiger partial charge in [-0.3, -0.25) is 16.2 Å². The molecule has 0 atom stereocenters. The number of hydrogen-bond donors (Lipinski definition) is 3. The van der Waals surface area contributed by atoms with Gasteiger partial charge in [0.2, 0.25) is 0 Å². The van der Waals surface area contributed by atoms with Crippen molar-refractivity contribution in [2.45, 2.75) is 0 Å². The predicted molar refractivity (Wildman–Crippen MR) is 51.7 cm³/mol. The van der Waals surface area contributed by atoms with Crippen LogP contribution in [0.4, 0.5) is 10.1 Å². The van der Waals surface area contributed by atoms with Gasteiger partial charge in [0, 0.05) is 0 Å². The van der Waals surface area contributed by atoms with Crippen LogP contribution in [0.15, 0.2) is 29.4 Å². The molecule has 7 heteroatoms. The molecular weight excluding hydrogens is 211 g/mol. The van der Waals surface area contributed by atoms with Gasteiger partial charge in [0.25, 0.3) is 0 Å². The van der Waals surface area contributed by atoms with Crippen LogP contribution in [0.5, 0.6) is 0 Å². The fourth-order valence-electron chi connectivity index (χ4n) is 1.06. The molecule has 0 fully saturated rings. The van der Waals surface area contributed by atoms with Crippen LogP contribution < -0.4 is 21.8 Å². The lowest BCUT2D eigenvalue weighted by Gasteiger charge is -1.97. The third-order valence-electron chi connectivity index (χ3n) is 1.84. The number of nitrogens with one attached hydrogen (secondary N) is 3. The summed E-state index contributed by atoms with van der Waals surface area (Å²) in [6, 6.07) is 5.55. The molecule has 3 N–H and O–H groups in total. The Labute approximate surface area is 88.8 Å². The van der Waals surface area contributed by atoms with Crippen molar-refractivity contribution >= 4 is 5.69 Å². The normalized spacial score (nSPS) is 10.1. The number of halogens is 1. The lowest BCUT2D eigenvalue weighted by atomic mass is 10.3. The maximum atomic E-state index is 12.6. The number of aromatic nitrogens is 2. The monoisotopic (exact) mass is 218 g/mol. The highest BCUT2D eigenvalue weighted by molar-refractivity contribution is 5.41. The molecule has 0 bridgehead atoms. The summed E-state index contributed by atoms with van der Waals surface area (Å²) in [5.41, 5.74) is 2.82. The standard InChI is InChI=1S/C9H7FN6/c10-5-1-3-6(4-2-5)13-14-7-8(11)15-16-9(7)12/h1-4,11-13H. The van der Waals surface area contributed by atoms with Crippen LogP contribution >= 0.6 is 0 Å². The first-order chi connectivity index (χ1) is 7.66.